The average molecular weight is 401 g/mol. The highest BCUT2D eigenvalue weighted by Crippen LogP contribution is 2.34. The lowest BCUT2D eigenvalue weighted by Crippen LogP contribution is -2.34. The molecule has 1 fully saturated rings. The zero-order valence-corrected chi connectivity index (χ0v) is 17.4. The van der Waals surface area contributed by atoms with Crippen molar-refractivity contribution in [3.63, 3.8) is 0 Å². The topological polar surface area (TPSA) is 46.4 Å². The van der Waals surface area contributed by atoms with Crippen LogP contribution < -0.4 is 15.4 Å². The first kappa shape index (κ1) is 19.2. The van der Waals surface area contributed by atoms with E-state index in [-0.39, 0.29) is 6.10 Å². The molecule has 0 spiro atoms. The second-order valence-electron chi connectivity index (χ2n) is 8.09. The highest BCUT2D eigenvalue weighted by atomic mass is 16.5. The molecular weight excluding hydrogens is 372 g/mol. The first-order chi connectivity index (χ1) is 14.8. The maximum absolute atomic E-state index is 6.36. The van der Waals surface area contributed by atoms with E-state index in [2.05, 4.69) is 66.1 Å². The van der Waals surface area contributed by atoms with Gasteiger partial charge in [0.15, 0.2) is 0 Å². The molecule has 3 aromatic carbocycles. The first-order valence-electron chi connectivity index (χ1n) is 10.9. The summed E-state index contributed by atoms with van der Waals surface area (Å²) in [5, 5.41) is 10.6. The zero-order valence-electron chi connectivity index (χ0n) is 17.4. The van der Waals surface area contributed by atoms with E-state index in [4.69, 9.17) is 9.15 Å². The van der Waals surface area contributed by atoms with Crippen molar-refractivity contribution < 1.29 is 9.15 Å². The molecule has 30 heavy (non-hydrogen) atoms. The number of hydrogen-bond donors (Lipinski definition) is 2. The number of ether oxygens (including phenoxy) is 1. The lowest BCUT2D eigenvalue weighted by atomic mass is 10.0. The Morgan fingerprint density at radius 2 is 1.77 bits per heavy atom. The number of benzene rings is 3. The van der Waals surface area contributed by atoms with Crippen LogP contribution in [0.1, 0.15) is 29.7 Å². The van der Waals surface area contributed by atoms with Crippen molar-refractivity contribution in [3.05, 3.63) is 77.6 Å². The lowest BCUT2D eigenvalue weighted by molar-refractivity contribution is 0.164. The van der Waals surface area contributed by atoms with Crippen LogP contribution in [0.5, 0.6) is 5.75 Å². The van der Waals surface area contributed by atoms with Gasteiger partial charge in [-0.25, -0.2) is 0 Å². The fraction of sp³-hybridized carbons (Fsp3) is 0.308. The van der Waals surface area contributed by atoms with E-state index >= 15 is 0 Å². The third kappa shape index (κ3) is 3.81. The minimum absolute atomic E-state index is 0.277. The Morgan fingerprint density at radius 3 is 2.67 bits per heavy atom. The number of aryl methyl sites for hydroxylation is 1. The van der Waals surface area contributed by atoms with Crippen molar-refractivity contribution in [3.8, 4) is 5.75 Å². The standard InChI is InChI=1S/C26H28N2O2/c1-18-25(17-28-16-20-8-4-7-19-6-2-3-9-22(19)20)30-24-11-5-10-23(26(18)24)29-21-12-14-27-15-13-21/h2-11,21,27-28H,12-17H2,1H3. The Morgan fingerprint density at radius 1 is 0.967 bits per heavy atom. The second kappa shape index (κ2) is 8.50. The monoisotopic (exact) mass is 400 g/mol. The maximum Gasteiger partial charge on any atom is 0.138 e. The van der Waals surface area contributed by atoms with Crippen LogP contribution >= 0.6 is 0 Å². The minimum atomic E-state index is 0.277. The normalized spacial score (nSPS) is 15.1. The van der Waals surface area contributed by atoms with Gasteiger partial charge in [0.25, 0.3) is 0 Å². The Labute approximate surface area is 177 Å². The Kier molecular flexibility index (Phi) is 5.43. The SMILES string of the molecule is Cc1c(CNCc2cccc3ccccc23)oc2cccc(OC3CCNCC3)c12. The maximum atomic E-state index is 6.36. The van der Waals surface area contributed by atoms with Crippen molar-refractivity contribution in [1.82, 2.24) is 10.6 Å². The van der Waals surface area contributed by atoms with Crippen LogP contribution in [0.25, 0.3) is 21.7 Å². The molecule has 154 valence electrons. The van der Waals surface area contributed by atoms with Crippen LogP contribution in [0.4, 0.5) is 0 Å². The van der Waals surface area contributed by atoms with Gasteiger partial charge in [0.1, 0.15) is 23.2 Å². The van der Waals surface area contributed by atoms with Crippen molar-refractivity contribution in [2.45, 2.75) is 39.0 Å². The number of furan rings is 1. The number of nitrogens with one attached hydrogen (secondary N) is 2. The molecule has 4 heteroatoms. The van der Waals surface area contributed by atoms with E-state index in [0.29, 0.717) is 6.54 Å². The zero-order chi connectivity index (χ0) is 20.3. The lowest BCUT2D eigenvalue weighted by Gasteiger charge is -2.24. The van der Waals surface area contributed by atoms with Crippen LogP contribution in [0.3, 0.4) is 0 Å². The molecule has 5 rings (SSSR count). The molecule has 1 aromatic heterocycles. The summed E-state index contributed by atoms with van der Waals surface area (Å²) in [5.41, 5.74) is 3.37. The van der Waals surface area contributed by atoms with Gasteiger partial charge in [-0.2, -0.15) is 0 Å². The van der Waals surface area contributed by atoms with Gasteiger partial charge >= 0.3 is 0 Å². The van der Waals surface area contributed by atoms with Crippen molar-refractivity contribution in [2.75, 3.05) is 13.1 Å². The molecule has 1 aliphatic heterocycles. The van der Waals surface area contributed by atoms with Crippen molar-refractivity contribution in [2.24, 2.45) is 0 Å². The number of fused-ring (bicyclic) bond motifs is 2. The summed E-state index contributed by atoms with van der Waals surface area (Å²) in [7, 11) is 0. The van der Waals surface area contributed by atoms with E-state index in [1.807, 2.05) is 12.1 Å². The Hall–Kier alpha value is -2.82. The summed E-state index contributed by atoms with van der Waals surface area (Å²) in [4.78, 5) is 0. The third-order valence-corrected chi connectivity index (χ3v) is 6.08. The molecule has 4 nitrogen and oxygen atoms in total. The van der Waals surface area contributed by atoms with Gasteiger partial charge in [-0.1, -0.05) is 48.5 Å². The second-order valence-corrected chi connectivity index (χ2v) is 8.09. The predicted octanol–water partition coefficient (Wildman–Crippen LogP) is 5.32. The molecule has 4 aromatic rings. The number of rotatable bonds is 6. The third-order valence-electron chi connectivity index (χ3n) is 6.08. The Bertz CT molecular complexity index is 1150. The van der Waals surface area contributed by atoms with Gasteiger partial charge in [0, 0.05) is 12.1 Å². The van der Waals surface area contributed by atoms with E-state index in [1.165, 1.54) is 21.9 Å². The summed E-state index contributed by atoms with van der Waals surface area (Å²) in [5.74, 6) is 1.92. The fourth-order valence-corrected chi connectivity index (χ4v) is 4.43. The molecule has 0 bridgehead atoms. The predicted molar refractivity (Wildman–Crippen MR) is 122 cm³/mol. The smallest absolute Gasteiger partial charge is 0.138 e. The summed E-state index contributed by atoms with van der Waals surface area (Å²) in [6.07, 6.45) is 2.37. The molecule has 0 amide bonds. The largest absolute Gasteiger partial charge is 0.490 e. The number of piperidine rings is 1. The quantitative estimate of drug-likeness (QED) is 0.460. The van der Waals surface area contributed by atoms with Crippen LogP contribution in [0.15, 0.2) is 65.1 Å². The van der Waals surface area contributed by atoms with Gasteiger partial charge in [-0.15, -0.1) is 0 Å². The number of hydrogen-bond acceptors (Lipinski definition) is 4. The summed E-state index contributed by atoms with van der Waals surface area (Å²) in [6.45, 7) is 5.67. The van der Waals surface area contributed by atoms with E-state index in [9.17, 15) is 0 Å². The summed E-state index contributed by atoms with van der Waals surface area (Å²) < 4.78 is 12.6. The molecule has 0 unspecified atom stereocenters. The average Bonchev–Trinajstić information content (AvgIpc) is 3.11. The van der Waals surface area contributed by atoms with Gasteiger partial charge in [0.2, 0.25) is 0 Å². The van der Waals surface area contributed by atoms with Gasteiger partial charge in [-0.05, 0) is 61.3 Å². The van der Waals surface area contributed by atoms with Crippen molar-refractivity contribution >= 4 is 21.7 Å². The molecule has 0 radical (unpaired) electrons. The molecule has 2 heterocycles. The summed E-state index contributed by atoms with van der Waals surface area (Å²) >= 11 is 0. The molecule has 0 aliphatic carbocycles. The van der Waals surface area contributed by atoms with Gasteiger partial charge < -0.3 is 19.8 Å². The fourth-order valence-electron chi connectivity index (χ4n) is 4.43. The van der Waals surface area contributed by atoms with Crippen LogP contribution in [-0.4, -0.2) is 19.2 Å². The molecule has 0 saturated carbocycles. The highest BCUT2D eigenvalue weighted by Gasteiger charge is 2.19. The van der Waals surface area contributed by atoms with Gasteiger partial charge in [-0.3, -0.25) is 0 Å². The molecule has 1 aliphatic rings. The molecule has 1 saturated heterocycles. The highest BCUT2D eigenvalue weighted by molar-refractivity contribution is 5.88. The minimum Gasteiger partial charge on any atom is -0.490 e. The first-order valence-corrected chi connectivity index (χ1v) is 10.9. The molecule has 0 atom stereocenters. The van der Waals surface area contributed by atoms with E-state index < -0.39 is 0 Å². The van der Waals surface area contributed by atoms with Crippen LogP contribution in [0.2, 0.25) is 0 Å². The van der Waals surface area contributed by atoms with Crippen molar-refractivity contribution in [1.29, 1.82) is 0 Å². The van der Waals surface area contributed by atoms with E-state index in [1.54, 1.807) is 0 Å². The van der Waals surface area contributed by atoms with E-state index in [0.717, 1.165) is 55.0 Å². The molecular formula is C26H28N2O2. The van der Waals surface area contributed by atoms with Gasteiger partial charge in [0.05, 0.1) is 11.9 Å². The van der Waals surface area contributed by atoms with Crippen LogP contribution in [0, 0.1) is 6.92 Å². The van der Waals surface area contributed by atoms with Crippen LogP contribution in [-0.2, 0) is 13.1 Å². The summed E-state index contributed by atoms with van der Waals surface area (Å²) in [6, 6.07) is 21.1. The molecule has 2 N–H and O–H groups in total. The Balaban J connectivity index is 1.33.